The van der Waals surface area contributed by atoms with Crippen molar-refractivity contribution in [2.75, 3.05) is 4.31 Å². The summed E-state index contributed by atoms with van der Waals surface area (Å²) in [7, 11) is -3.92. The Morgan fingerprint density at radius 1 is 0.852 bits per heavy atom. The minimum absolute atomic E-state index is 0.192. The molecule has 1 atom stereocenters. The Morgan fingerprint density at radius 2 is 1.48 bits per heavy atom. The van der Waals surface area contributed by atoms with Gasteiger partial charge in [-0.3, -0.25) is 9.10 Å². The molecule has 0 N–H and O–H groups in total. The smallest absolute Gasteiger partial charge is 0.250 e. The van der Waals surface area contributed by atoms with E-state index in [-0.39, 0.29) is 12.3 Å². The van der Waals surface area contributed by atoms with Gasteiger partial charge in [-0.1, -0.05) is 72.8 Å². The molecule has 1 heterocycles. The van der Waals surface area contributed by atoms with E-state index in [0.29, 0.717) is 16.8 Å². The number of sulfonamides is 1. The lowest BCUT2D eigenvalue weighted by Gasteiger charge is -2.36. The van der Waals surface area contributed by atoms with Gasteiger partial charge in [0, 0.05) is 5.56 Å². The third-order valence-electron chi connectivity index (χ3n) is 4.87. The molecule has 0 aliphatic carbocycles. The largest absolute Gasteiger partial charge is 0.292 e. The molecular formula is C22H19NO3S. The van der Waals surface area contributed by atoms with Gasteiger partial charge < -0.3 is 0 Å². The predicted octanol–water partition coefficient (Wildman–Crippen LogP) is 4.27. The second-order valence-electron chi connectivity index (χ2n) is 6.66. The summed E-state index contributed by atoms with van der Waals surface area (Å²) in [5, 5.41) is -1.23. The molecule has 3 aromatic carbocycles. The average molecular weight is 377 g/mol. The SMILES string of the molecule is Cc1cccc2c1N(Cc1ccccc1)S(=O)(=O)C(c1ccccc1)C2=O. The first-order valence-electron chi connectivity index (χ1n) is 8.74. The van der Waals surface area contributed by atoms with E-state index in [1.165, 1.54) is 4.31 Å². The van der Waals surface area contributed by atoms with Crippen LogP contribution in [0.5, 0.6) is 0 Å². The molecule has 1 unspecified atom stereocenters. The molecule has 0 spiro atoms. The number of ketones is 1. The zero-order valence-corrected chi connectivity index (χ0v) is 15.7. The van der Waals surface area contributed by atoms with Crippen LogP contribution in [0.1, 0.15) is 32.3 Å². The average Bonchev–Trinajstić information content (AvgIpc) is 2.67. The molecule has 0 bridgehead atoms. The van der Waals surface area contributed by atoms with Crippen molar-refractivity contribution in [3.05, 3.63) is 101 Å². The van der Waals surface area contributed by atoms with E-state index < -0.39 is 15.3 Å². The maximum Gasteiger partial charge on any atom is 0.250 e. The molecule has 1 aliphatic rings. The standard InChI is InChI=1S/C22H19NO3S/c1-16-9-8-14-19-20(16)23(15-17-10-4-2-5-11-17)27(25,26)22(21(19)24)18-12-6-3-7-13-18/h2-14,22H,15H2,1H3. The number of carbonyl (C=O) groups is 1. The molecule has 136 valence electrons. The van der Waals surface area contributed by atoms with Crippen LogP contribution >= 0.6 is 0 Å². The maximum atomic E-state index is 13.5. The van der Waals surface area contributed by atoms with Gasteiger partial charge in [0.05, 0.1) is 12.2 Å². The monoisotopic (exact) mass is 377 g/mol. The summed E-state index contributed by atoms with van der Waals surface area (Å²) >= 11 is 0. The fourth-order valence-corrected chi connectivity index (χ4v) is 5.57. The summed E-state index contributed by atoms with van der Waals surface area (Å²) < 4.78 is 28.5. The highest BCUT2D eigenvalue weighted by Crippen LogP contribution is 2.42. The van der Waals surface area contributed by atoms with Gasteiger partial charge in [0.1, 0.15) is 0 Å². The van der Waals surface area contributed by atoms with E-state index in [1.54, 1.807) is 36.4 Å². The Kier molecular flexibility index (Phi) is 4.32. The molecule has 4 nitrogen and oxygen atoms in total. The number of hydrogen-bond acceptors (Lipinski definition) is 3. The second kappa shape index (κ2) is 6.67. The van der Waals surface area contributed by atoms with Crippen LogP contribution in [0.2, 0.25) is 0 Å². The van der Waals surface area contributed by atoms with Gasteiger partial charge in [0.15, 0.2) is 11.0 Å². The first-order valence-corrected chi connectivity index (χ1v) is 10.2. The topological polar surface area (TPSA) is 54.5 Å². The van der Waals surface area contributed by atoms with Crippen LogP contribution < -0.4 is 4.31 Å². The maximum absolute atomic E-state index is 13.5. The molecule has 0 saturated carbocycles. The minimum atomic E-state index is -3.92. The van der Waals surface area contributed by atoms with Crippen LogP contribution in [0, 0.1) is 6.92 Å². The molecule has 0 saturated heterocycles. The third kappa shape index (κ3) is 2.94. The van der Waals surface area contributed by atoms with Crippen molar-refractivity contribution in [2.24, 2.45) is 0 Å². The first kappa shape index (κ1) is 17.5. The van der Waals surface area contributed by atoms with Gasteiger partial charge in [-0.15, -0.1) is 0 Å². The van der Waals surface area contributed by atoms with Gasteiger partial charge in [-0.25, -0.2) is 8.42 Å². The van der Waals surface area contributed by atoms with E-state index in [1.807, 2.05) is 49.4 Å². The van der Waals surface area contributed by atoms with E-state index in [4.69, 9.17) is 0 Å². The summed E-state index contributed by atoms with van der Waals surface area (Å²) in [6.07, 6.45) is 0. The number of hydrogen-bond donors (Lipinski definition) is 0. The molecule has 0 amide bonds. The molecule has 0 radical (unpaired) electrons. The van der Waals surface area contributed by atoms with Crippen molar-refractivity contribution < 1.29 is 13.2 Å². The number of nitrogens with zero attached hydrogens (tertiary/aromatic N) is 1. The lowest BCUT2D eigenvalue weighted by atomic mass is 9.98. The van der Waals surface area contributed by atoms with Crippen LogP contribution in [-0.2, 0) is 16.6 Å². The molecule has 0 aromatic heterocycles. The highest BCUT2D eigenvalue weighted by Gasteiger charge is 2.45. The van der Waals surface area contributed by atoms with E-state index in [9.17, 15) is 13.2 Å². The van der Waals surface area contributed by atoms with Crippen molar-refractivity contribution in [3.63, 3.8) is 0 Å². The number of aryl methyl sites for hydroxylation is 1. The highest BCUT2D eigenvalue weighted by molar-refractivity contribution is 7.93. The summed E-state index contributed by atoms with van der Waals surface area (Å²) in [6, 6.07) is 23.5. The zero-order chi connectivity index (χ0) is 19.0. The molecule has 3 aromatic rings. The quantitative estimate of drug-likeness (QED) is 0.685. The number of carbonyl (C=O) groups excluding carboxylic acids is 1. The minimum Gasteiger partial charge on any atom is -0.292 e. The van der Waals surface area contributed by atoms with Crippen molar-refractivity contribution in [2.45, 2.75) is 18.7 Å². The lowest BCUT2D eigenvalue weighted by molar-refractivity contribution is 0.0985. The molecule has 1 aliphatic heterocycles. The van der Waals surface area contributed by atoms with Crippen molar-refractivity contribution in [1.82, 2.24) is 0 Å². The van der Waals surface area contributed by atoms with Gasteiger partial charge in [0.2, 0.25) is 10.0 Å². The van der Waals surface area contributed by atoms with Crippen molar-refractivity contribution in [1.29, 1.82) is 0 Å². The molecule has 0 fully saturated rings. The molecule has 5 heteroatoms. The number of fused-ring (bicyclic) bond motifs is 1. The third-order valence-corrected chi connectivity index (χ3v) is 6.88. The van der Waals surface area contributed by atoms with Crippen LogP contribution in [0.25, 0.3) is 0 Å². The summed E-state index contributed by atoms with van der Waals surface area (Å²) in [4.78, 5) is 13.2. The Balaban J connectivity index is 1.93. The summed E-state index contributed by atoms with van der Waals surface area (Å²) in [5.41, 5.74) is 3.07. The second-order valence-corrected chi connectivity index (χ2v) is 8.61. The summed E-state index contributed by atoms with van der Waals surface area (Å²) in [6.45, 7) is 2.03. The highest BCUT2D eigenvalue weighted by atomic mass is 32.2. The van der Waals surface area contributed by atoms with Crippen LogP contribution in [-0.4, -0.2) is 14.2 Å². The van der Waals surface area contributed by atoms with Gasteiger partial charge in [-0.05, 0) is 29.7 Å². The Morgan fingerprint density at radius 3 is 2.15 bits per heavy atom. The van der Waals surface area contributed by atoms with Crippen LogP contribution in [0.3, 0.4) is 0 Å². The fraction of sp³-hybridized carbons (Fsp3) is 0.136. The first-order chi connectivity index (χ1) is 13.0. The predicted molar refractivity (Wildman–Crippen MR) is 106 cm³/mol. The number of para-hydroxylation sites is 1. The lowest BCUT2D eigenvalue weighted by Crippen LogP contribution is -2.43. The molecular weight excluding hydrogens is 358 g/mol. The van der Waals surface area contributed by atoms with Gasteiger partial charge in [-0.2, -0.15) is 0 Å². The number of Topliss-reactive ketones (excluding diaryl/α,β-unsaturated/α-hetero) is 1. The Hall–Kier alpha value is -2.92. The zero-order valence-electron chi connectivity index (χ0n) is 14.9. The summed E-state index contributed by atoms with van der Waals surface area (Å²) in [5.74, 6) is -0.371. The molecule has 27 heavy (non-hydrogen) atoms. The fourth-order valence-electron chi connectivity index (χ4n) is 3.59. The van der Waals surface area contributed by atoms with E-state index in [2.05, 4.69) is 0 Å². The van der Waals surface area contributed by atoms with Crippen molar-refractivity contribution in [3.8, 4) is 0 Å². The van der Waals surface area contributed by atoms with Crippen LogP contribution in [0.15, 0.2) is 78.9 Å². The number of rotatable bonds is 3. The van der Waals surface area contributed by atoms with Gasteiger partial charge in [0.25, 0.3) is 0 Å². The van der Waals surface area contributed by atoms with Crippen molar-refractivity contribution >= 4 is 21.5 Å². The van der Waals surface area contributed by atoms with Gasteiger partial charge >= 0.3 is 0 Å². The normalized spacial score (nSPS) is 18.2. The Bertz CT molecular complexity index is 1090. The number of benzene rings is 3. The van der Waals surface area contributed by atoms with E-state index >= 15 is 0 Å². The molecule has 4 rings (SSSR count). The van der Waals surface area contributed by atoms with E-state index in [0.717, 1.165) is 11.1 Å². The number of anilines is 1. The Labute approximate surface area is 159 Å². The van der Waals surface area contributed by atoms with Crippen LogP contribution in [0.4, 0.5) is 5.69 Å².